The summed E-state index contributed by atoms with van der Waals surface area (Å²) in [6.07, 6.45) is 2.55. The molecule has 0 aliphatic rings. The second-order valence-electron chi connectivity index (χ2n) is 2.49. The molecule has 12 heavy (non-hydrogen) atoms. The summed E-state index contributed by atoms with van der Waals surface area (Å²) < 4.78 is 1.91. The van der Waals surface area contributed by atoms with Gasteiger partial charge in [0.05, 0.1) is 5.75 Å². The van der Waals surface area contributed by atoms with Crippen molar-refractivity contribution in [3.8, 4) is 0 Å². The zero-order valence-electron chi connectivity index (χ0n) is 7.10. The van der Waals surface area contributed by atoms with Crippen LogP contribution in [0.25, 0.3) is 0 Å². The Bertz CT molecular complexity index is 226. The van der Waals surface area contributed by atoms with Crippen LogP contribution in [0.1, 0.15) is 12.2 Å². The van der Waals surface area contributed by atoms with Crippen molar-refractivity contribution in [3.63, 3.8) is 0 Å². The van der Waals surface area contributed by atoms with Gasteiger partial charge in [0.1, 0.15) is 12.2 Å². The van der Waals surface area contributed by atoms with Crippen LogP contribution in [0.15, 0.2) is 6.33 Å². The fourth-order valence-electron chi connectivity index (χ4n) is 0.768. The second-order valence-corrected chi connectivity index (χ2v) is 3.59. The maximum absolute atomic E-state index is 8.53. The Hall–Kier alpha value is -0.550. The smallest absolute Gasteiger partial charge is 0.142 e. The van der Waals surface area contributed by atoms with Crippen molar-refractivity contribution >= 4 is 11.8 Å². The third-order valence-electron chi connectivity index (χ3n) is 1.48. The van der Waals surface area contributed by atoms with Gasteiger partial charge in [0.25, 0.3) is 0 Å². The number of aromatic nitrogens is 3. The standard InChI is InChI=1S/C7H13N3OS/c1-10-6-8-9-7(10)5-12-4-2-3-11/h6,11H,2-5H2,1H3. The first-order valence-electron chi connectivity index (χ1n) is 3.86. The monoisotopic (exact) mass is 187 g/mol. The van der Waals surface area contributed by atoms with Crippen LogP contribution in [-0.2, 0) is 12.8 Å². The van der Waals surface area contributed by atoms with Crippen molar-refractivity contribution in [2.45, 2.75) is 12.2 Å². The highest BCUT2D eigenvalue weighted by Gasteiger charge is 1.99. The maximum atomic E-state index is 8.53. The zero-order valence-corrected chi connectivity index (χ0v) is 7.92. The molecule has 0 spiro atoms. The van der Waals surface area contributed by atoms with Crippen LogP contribution in [0.5, 0.6) is 0 Å². The molecule has 0 aliphatic heterocycles. The van der Waals surface area contributed by atoms with Gasteiger partial charge in [-0.25, -0.2) is 0 Å². The highest BCUT2D eigenvalue weighted by atomic mass is 32.2. The fourth-order valence-corrected chi connectivity index (χ4v) is 1.69. The summed E-state index contributed by atoms with van der Waals surface area (Å²) in [5, 5.41) is 16.2. The second kappa shape index (κ2) is 5.16. The minimum absolute atomic E-state index is 0.270. The molecule has 0 fully saturated rings. The molecular weight excluding hydrogens is 174 g/mol. The Labute approximate surface area is 76.0 Å². The van der Waals surface area contributed by atoms with Gasteiger partial charge in [-0.1, -0.05) is 0 Å². The Morgan fingerprint density at radius 1 is 1.67 bits per heavy atom. The molecule has 1 N–H and O–H groups in total. The molecule has 0 atom stereocenters. The minimum atomic E-state index is 0.270. The van der Waals surface area contributed by atoms with E-state index < -0.39 is 0 Å². The lowest BCUT2D eigenvalue weighted by molar-refractivity contribution is 0.296. The van der Waals surface area contributed by atoms with Crippen molar-refractivity contribution in [2.75, 3.05) is 12.4 Å². The van der Waals surface area contributed by atoms with Gasteiger partial charge in [0.15, 0.2) is 0 Å². The normalized spacial score (nSPS) is 10.5. The average molecular weight is 187 g/mol. The van der Waals surface area contributed by atoms with E-state index in [9.17, 15) is 0 Å². The van der Waals surface area contributed by atoms with Crippen LogP contribution in [0.3, 0.4) is 0 Å². The quantitative estimate of drug-likeness (QED) is 0.679. The van der Waals surface area contributed by atoms with E-state index in [1.54, 1.807) is 18.1 Å². The van der Waals surface area contributed by atoms with Gasteiger partial charge in [0, 0.05) is 13.7 Å². The molecule has 1 aromatic heterocycles. The average Bonchev–Trinajstić information content (AvgIpc) is 2.46. The van der Waals surface area contributed by atoms with Crippen molar-refractivity contribution in [1.29, 1.82) is 0 Å². The molecule has 0 bridgehead atoms. The molecule has 0 aliphatic carbocycles. The van der Waals surface area contributed by atoms with Gasteiger partial charge in [-0.15, -0.1) is 10.2 Å². The van der Waals surface area contributed by atoms with E-state index >= 15 is 0 Å². The number of aryl methyl sites for hydroxylation is 1. The summed E-state index contributed by atoms with van der Waals surface area (Å²) in [6, 6.07) is 0. The summed E-state index contributed by atoms with van der Waals surface area (Å²) in [5.74, 6) is 2.83. The van der Waals surface area contributed by atoms with Gasteiger partial charge >= 0.3 is 0 Å². The fraction of sp³-hybridized carbons (Fsp3) is 0.714. The molecule has 1 heterocycles. The van der Waals surface area contributed by atoms with Crippen molar-refractivity contribution in [3.05, 3.63) is 12.2 Å². The van der Waals surface area contributed by atoms with E-state index in [1.165, 1.54) is 0 Å². The summed E-state index contributed by atoms with van der Waals surface area (Å²) in [7, 11) is 1.93. The lowest BCUT2D eigenvalue weighted by atomic mass is 10.5. The zero-order chi connectivity index (χ0) is 8.81. The molecule has 0 amide bonds. The highest BCUT2D eigenvalue weighted by molar-refractivity contribution is 7.98. The Balaban J connectivity index is 2.20. The van der Waals surface area contributed by atoms with Crippen LogP contribution < -0.4 is 0 Å². The van der Waals surface area contributed by atoms with E-state index in [0.717, 1.165) is 23.8 Å². The van der Waals surface area contributed by atoms with E-state index in [2.05, 4.69) is 10.2 Å². The van der Waals surface area contributed by atoms with Crippen molar-refractivity contribution < 1.29 is 5.11 Å². The molecule has 0 saturated heterocycles. The van der Waals surface area contributed by atoms with Gasteiger partial charge in [0.2, 0.25) is 0 Å². The first-order valence-corrected chi connectivity index (χ1v) is 5.01. The molecule has 1 rings (SSSR count). The molecule has 68 valence electrons. The number of hydrogen-bond donors (Lipinski definition) is 1. The van der Waals surface area contributed by atoms with Crippen LogP contribution in [0.4, 0.5) is 0 Å². The molecule has 0 unspecified atom stereocenters. The number of aliphatic hydroxyl groups is 1. The molecule has 4 nitrogen and oxygen atoms in total. The van der Waals surface area contributed by atoms with Crippen molar-refractivity contribution in [1.82, 2.24) is 14.8 Å². The SMILES string of the molecule is Cn1cnnc1CSCCCO. The highest BCUT2D eigenvalue weighted by Crippen LogP contribution is 2.09. The third kappa shape index (κ3) is 2.83. The lowest BCUT2D eigenvalue weighted by Gasteiger charge is -1.98. The number of rotatable bonds is 5. The van der Waals surface area contributed by atoms with Crippen LogP contribution in [-0.4, -0.2) is 32.2 Å². The molecule has 0 saturated carbocycles. The summed E-state index contributed by atoms with van der Waals surface area (Å²) in [5.41, 5.74) is 0. The topological polar surface area (TPSA) is 50.9 Å². The summed E-state index contributed by atoms with van der Waals surface area (Å²) in [4.78, 5) is 0. The number of aliphatic hydroxyl groups excluding tert-OH is 1. The summed E-state index contributed by atoms with van der Waals surface area (Å²) in [6.45, 7) is 0.270. The minimum Gasteiger partial charge on any atom is -0.396 e. The van der Waals surface area contributed by atoms with Crippen LogP contribution >= 0.6 is 11.8 Å². The van der Waals surface area contributed by atoms with E-state index in [4.69, 9.17) is 5.11 Å². The van der Waals surface area contributed by atoms with Crippen LogP contribution in [0.2, 0.25) is 0 Å². The molecule has 0 radical (unpaired) electrons. The Morgan fingerprint density at radius 2 is 2.50 bits per heavy atom. The number of thioether (sulfide) groups is 1. The third-order valence-corrected chi connectivity index (χ3v) is 2.52. The number of hydrogen-bond acceptors (Lipinski definition) is 4. The van der Waals surface area contributed by atoms with E-state index in [1.807, 2.05) is 11.6 Å². The molecule has 1 aromatic rings. The summed E-state index contributed by atoms with van der Waals surface area (Å²) >= 11 is 1.77. The number of nitrogens with zero attached hydrogens (tertiary/aromatic N) is 3. The van der Waals surface area contributed by atoms with E-state index in [-0.39, 0.29) is 6.61 Å². The van der Waals surface area contributed by atoms with Gasteiger partial charge in [-0.2, -0.15) is 11.8 Å². The first kappa shape index (κ1) is 9.54. The predicted molar refractivity (Wildman–Crippen MR) is 48.9 cm³/mol. The molecule has 5 heteroatoms. The van der Waals surface area contributed by atoms with Crippen molar-refractivity contribution in [2.24, 2.45) is 7.05 Å². The lowest BCUT2D eigenvalue weighted by Crippen LogP contribution is -1.95. The Morgan fingerprint density at radius 3 is 3.08 bits per heavy atom. The Kier molecular flexibility index (Phi) is 4.10. The molecule has 0 aromatic carbocycles. The van der Waals surface area contributed by atoms with E-state index in [0.29, 0.717) is 0 Å². The maximum Gasteiger partial charge on any atom is 0.142 e. The molecular formula is C7H13N3OS. The van der Waals surface area contributed by atoms with Gasteiger partial charge in [-0.3, -0.25) is 0 Å². The first-order chi connectivity index (χ1) is 5.84. The van der Waals surface area contributed by atoms with Crippen LogP contribution in [0, 0.1) is 0 Å². The predicted octanol–water partition coefficient (Wildman–Crippen LogP) is 0.431. The largest absolute Gasteiger partial charge is 0.396 e. The van der Waals surface area contributed by atoms with Gasteiger partial charge in [-0.05, 0) is 12.2 Å². The van der Waals surface area contributed by atoms with Gasteiger partial charge < -0.3 is 9.67 Å².